The molecule has 0 spiro atoms. The molecule has 0 radical (unpaired) electrons. The lowest BCUT2D eigenvalue weighted by molar-refractivity contribution is -0.120. The fourth-order valence-corrected chi connectivity index (χ4v) is 2.68. The number of hydrogen-bond donors (Lipinski definition) is 3. The van der Waals surface area contributed by atoms with Gasteiger partial charge in [0.25, 0.3) is 0 Å². The van der Waals surface area contributed by atoms with Gasteiger partial charge in [0.15, 0.2) is 0 Å². The van der Waals surface area contributed by atoms with E-state index >= 15 is 0 Å². The maximum Gasteiger partial charge on any atom is 0.221 e. The lowest BCUT2D eigenvalue weighted by Crippen LogP contribution is -2.27. The van der Waals surface area contributed by atoms with Gasteiger partial charge in [0, 0.05) is 42.3 Å². The third-order valence-corrected chi connectivity index (χ3v) is 3.90. The minimum Gasteiger partial charge on any atom is -0.384 e. The average molecular weight is 325 g/mol. The van der Waals surface area contributed by atoms with E-state index in [4.69, 9.17) is 0 Å². The van der Waals surface area contributed by atoms with Gasteiger partial charge in [0.1, 0.15) is 5.82 Å². The Labute approximate surface area is 140 Å². The van der Waals surface area contributed by atoms with Gasteiger partial charge in [-0.1, -0.05) is 24.3 Å². The SMILES string of the molecule is O=C(CCNc1cccc(F)c1)NCCc1c[nH]c2ccccc12. The zero-order valence-corrected chi connectivity index (χ0v) is 13.3. The summed E-state index contributed by atoms with van der Waals surface area (Å²) in [5.41, 5.74) is 2.99. The topological polar surface area (TPSA) is 56.9 Å². The van der Waals surface area contributed by atoms with Crippen LogP contribution in [-0.2, 0) is 11.2 Å². The Kier molecular flexibility index (Phi) is 5.11. The number of anilines is 1. The van der Waals surface area contributed by atoms with E-state index < -0.39 is 0 Å². The number of nitrogens with one attached hydrogen (secondary N) is 3. The molecule has 0 bridgehead atoms. The molecule has 0 unspecified atom stereocenters. The van der Waals surface area contributed by atoms with Crippen LogP contribution in [0.1, 0.15) is 12.0 Å². The van der Waals surface area contributed by atoms with Gasteiger partial charge < -0.3 is 15.6 Å². The lowest BCUT2D eigenvalue weighted by Gasteiger charge is -2.07. The van der Waals surface area contributed by atoms with Crippen LogP contribution < -0.4 is 10.6 Å². The van der Waals surface area contributed by atoms with Crippen molar-refractivity contribution in [2.45, 2.75) is 12.8 Å². The summed E-state index contributed by atoms with van der Waals surface area (Å²) in [5, 5.41) is 7.15. The van der Waals surface area contributed by atoms with Crippen LogP contribution in [0.3, 0.4) is 0 Å². The molecule has 3 rings (SSSR count). The van der Waals surface area contributed by atoms with Crippen molar-refractivity contribution in [3.05, 3.63) is 66.1 Å². The number of halogens is 1. The summed E-state index contributed by atoms with van der Waals surface area (Å²) in [6, 6.07) is 14.3. The fourth-order valence-electron chi connectivity index (χ4n) is 2.68. The van der Waals surface area contributed by atoms with Crippen LogP contribution >= 0.6 is 0 Å². The Morgan fingerprint density at radius 3 is 2.83 bits per heavy atom. The number of aromatic nitrogens is 1. The van der Waals surface area contributed by atoms with E-state index in [2.05, 4.69) is 21.7 Å². The predicted octanol–water partition coefficient (Wildman–Crippen LogP) is 3.47. The van der Waals surface area contributed by atoms with Gasteiger partial charge in [-0.25, -0.2) is 4.39 Å². The second-order valence-electron chi connectivity index (χ2n) is 5.65. The van der Waals surface area contributed by atoms with Crippen LogP contribution in [0.2, 0.25) is 0 Å². The van der Waals surface area contributed by atoms with Crippen LogP contribution in [-0.4, -0.2) is 24.0 Å². The van der Waals surface area contributed by atoms with Crippen molar-refractivity contribution in [1.29, 1.82) is 0 Å². The van der Waals surface area contributed by atoms with Crippen LogP contribution in [0.15, 0.2) is 54.7 Å². The van der Waals surface area contributed by atoms with E-state index in [0.29, 0.717) is 25.2 Å². The van der Waals surface area contributed by atoms with E-state index in [1.165, 1.54) is 23.1 Å². The zero-order chi connectivity index (χ0) is 16.8. The maximum absolute atomic E-state index is 13.0. The van der Waals surface area contributed by atoms with Crippen molar-refractivity contribution >= 4 is 22.5 Å². The number of fused-ring (bicyclic) bond motifs is 1. The van der Waals surface area contributed by atoms with E-state index in [-0.39, 0.29) is 11.7 Å². The average Bonchev–Trinajstić information content (AvgIpc) is 2.98. The minimum atomic E-state index is -0.289. The summed E-state index contributed by atoms with van der Waals surface area (Å²) in [6.07, 6.45) is 3.12. The fraction of sp³-hybridized carbons (Fsp3) is 0.211. The molecule has 0 saturated carbocycles. The summed E-state index contributed by atoms with van der Waals surface area (Å²) < 4.78 is 13.0. The number of aromatic amines is 1. The van der Waals surface area contributed by atoms with Gasteiger partial charge >= 0.3 is 0 Å². The third-order valence-electron chi connectivity index (χ3n) is 3.90. The van der Waals surface area contributed by atoms with Gasteiger partial charge in [0.2, 0.25) is 5.91 Å². The number of carbonyl (C=O) groups is 1. The summed E-state index contributed by atoms with van der Waals surface area (Å²) in [5.74, 6) is -0.304. The van der Waals surface area contributed by atoms with Crippen LogP contribution in [0.5, 0.6) is 0 Å². The molecule has 1 amide bonds. The van der Waals surface area contributed by atoms with E-state index in [0.717, 1.165) is 11.9 Å². The number of hydrogen-bond acceptors (Lipinski definition) is 2. The third kappa shape index (κ3) is 4.13. The zero-order valence-electron chi connectivity index (χ0n) is 13.3. The highest BCUT2D eigenvalue weighted by Gasteiger charge is 2.05. The van der Waals surface area contributed by atoms with Gasteiger partial charge in [-0.3, -0.25) is 4.79 Å². The Bertz CT molecular complexity index is 828. The monoisotopic (exact) mass is 325 g/mol. The summed E-state index contributed by atoms with van der Waals surface area (Å²) in [6.45, 7) is 1.07. The van der Waals surface area contributed by atoms with Crippen LogP contribution in [0.4, 0.5) is 10.1 Å². The Balaban J connectivity index is 1.40. The molecule has 3 aromatic rings. The molecule has 2 aromatic carbocycles. The molecule has 24 heavy (non-hydrogen) atoms. The van der Waals surface area contributed by atoms with Gasteiger partial charge in [-0.2, -0.15) is 0 Å². The number of carbonyl (C=O) groups excluding carboxylic acids is 1. The largest absolute Gasteiger partial charge is 0.384 e. The number of para-hydroxylation sites is 1. The van der Waals surface area contributed by atoms with Gasteiger partial charge in [0.05, 0.1) is 0 Å². The highest BCUT2D eigenvalue weighted by molar-refractivity contribution is 5.83. The normalized spacial score (nSPS) is 10.7. The van der Waals surface area contributed by atoms with Crippen LogP contribution in [0, 0.1) is 5.82 Å². The highest BCUT2D eigenvalue weighted by Crippen LogP contribution is 2.17. The molecule has 1 aromatic heterocycles. The first-order chi connectivity index (χ1) is 11.7. The molecule has 0 aliphatic heterocycles. The first kappa shape index (κ1) is 16.1. The van der Waals surface area contributed by atoms with Crippen LogP contribution in [0.25, 0.3) is 10.9 Å². The van der Waals surface area contributed by atoms with Gasteiger partial charge in [-0.05, 0) is 36.2 Å². The first-order valence-electron chi connectivity index (χ1n) is 8.03. The Hall–Kier alpha value is -2.82. The molecule has 0 fully saturated rings. The molecular weight excluding hydrogens is 305 g/mol. The van der Waals surface area contributed by atoms with Crippen molar-refractivity contribution in [2.24, 2.45) is 0 Å². The van der Waals surface area contributed by atoms with Crippen molar-refractivity contribution in [2.75, 3.05) is 18.4 Å². The number of amides is 1. The lowest BCUT2D eigenvalue weighted by atomic mass is 10.1. The molecule has 0 saturated heterocycles. The number of benzene rings is 2. The number of rotatable bonds is 7. The molecule has 1 heterocycles. The quantitative estimate of drug-likeness (QED) is 0.623. The first-order valence-corrected chi connectivity index (χ1v) is 8.03. The second kappa shape index (κ2) is 7.64. The van der Waals surface area contributed by atoms with E-state index in [1.54, 1.807) is 12.1 Å². The Morgan fingerprint density at radius 1 is 1.08 bits per heavy atom. The predicted molar refractivity (Wildman–Crippen MR) is 94.5 cm³/mol. The van der Waals surface area contributed by atoms with Crippen molar-refractivity contribution < 1.29 is 9.18 Å². The van der Waals surface area contributed by atoms with E-state index in [9.17, 15) is 9.18 Å². The maximum atomic E-state index is 13.0. The Morgan fingerprint density at radius 2 is 1.96 bits per heavy atom. The summed E-state index contributed by atoms with van der Waals surface area (Å²) in [4.78, 5) is 15.1. The smallest absolute Gasteiger partial charge is 0.221 e. The van der Waals surface area contributed by atoms with Crippen molar-refractivity contribution in [3.63, 3.8) is 0 Å². The molecule has 0 aliphatic carbocycles. The number of H-pyrrole nitrogens is 1. The molecular formula is C19H20FN3O. The standard InChI is InChI=1S/C19H20FN3O/c20-15-4-3-5-16(12-15)21-11-9-19(24)22-10-8-14-13-23-18-7-2-1-6-17(14)18/h1-7,12-13,21,23H,8-11H2,(H,22,24). The minimum absolute atomic E-state index is 0.0151. The highest BCUT2D eigenvalue weighted by atomic mass is 19.1. The molecule has 4 nitrogen and oxygen atoms in total. The summed E-state index contributed by atoms with van der Waals surface area (Å²) in [7, 11) is 0. The summed E-state index contributed by atoms with van der Waals surface area (Å²) >= 11 is 0. The molecule has 0 atom stereocenters. The van der Waals surface area contributed by atoms with Crippen molar-refractivity contribution in [1.82, 2.24) is 10.3 Å². The van der Waals surface area contributed by atoms with Crippen molar-refractivity contribution in [3.8, 4) is 0 Å². The molecule has 3 N–H and O–H groups in total. The molecule has 5 heteroatoms. The molecule has 124 valence electrons. The molecule has 0 aliphatic rings. The van der Waals surface area contributed by atoms with E-state index in [1.807, 2.05) is 24.4 Å². The second-order valence-corrected chi connectivity index (χ2v) is 5.65. The van der Waals surface area contributed by atoms with Gasteiger partial charge in [-0.15, -0.1) is 0 Å².